The summed E-state index contributed by atoms with van der Waals surface area (Å²) < 4.78 is 1.01. The number of aromatic nitrogens is 1. The van der Waals surface area contributed by atoms with E-state index in [1.807, 2.05) is 24.3 Å². The Kier molecular flexibility index (Phi) is 5.85. The third-order valence-electron chi connectivity index (χ3n) is 3.06. The van der Waals surface area contributed by atoms with Gasteiger partial charge in [-0.3, -0.25) is 4.98 Å². The van der Waals surface area contributed by atoms with Gasteiger partial charge in [0.15, 0.2) is 0 Å². The molecule has 2 nitrogen and oxygen atoms in total. The molecule has 1 atom stereocenters. The van der Waals surface area contributed by atoms with Crippen LogP contribution in [0.1, 0.15) is 24.1 Å². The van der Waals surface area contributed by atoms with E-state index in [2.05, 4.69) is 33.2 Å². The number of likely N-dealkylation sites (N-methyl/N-ethyl adjacent to an activating group) is 1. The molecule has 1 aromatic carbocycles. The first-order chi connectivity index (χ1) is 9.61. The molecule has 1 N–H and O–H groups in total. The minimum absolute atomic E-state index is 0.116. The lowest BCUT2D eigenvalue weighted by Crippen LogP contribution is -2.23. The van der Waals surface area contributed by atoms with Gasteiger partial charge in [-0.1, -0.05) is 46.1 Å². The molecular weight excluding hydrogens is 359 g/mol. The summed E-state index contributed by atoms with van der Waals surface area (Å²) in [5.41, 5.74) is 2.12. The molecule has 106 valence electrons. The number of nitrogens with zero attached hydrogens (tertiary/aromatic N) is 1. The molecule has 1 unspecified atom stereocenters. The Morgan fingerprint density at radius 1 is 1.25 bits per heavy atom. The lowest BCUT2D eigenvalue weighted by atomic mass is 9.99. The summed E-state index contributed by atoms with van der Waals surface area (Å²) in [6, 6.07) is 7.95. The third kappa shape index (κ3) is 3.95. The molecule has 0 radical (unpaired) electrons. The topological polar surface area (TPSA) is 24.9 Å². The lowest BCUT2D eigenvalue weighted by Gasteiger charge is -2.20. The monoisotopic (exact) mass is 372 g/mol. The van der Waals surface area contributed by atoms with Crippen molar-refractivity contribution in [2.75, 3.05) is 6.54 Å². The van der Waals surface area contributed by atoms with E-state index in [9.17, 15) is 0 Å². The molecule has 0 fully saturated rings. The number of rotatable bonds is 5. The van der Waals surface area contributed by atoms with E-state index in [1.54, 1.807) is 12.4 Å². The van der Waals surface area contributed by atoms with Crippen LogP contribution < -0.4 is 5.32 Å². The Balaban J connectivity index is 2.32. The van der Waals surface area contributed by atoms with Crippen LogP contribution in [0.15, 0.2) is 41.1 Å². The lowest BCUT2D eigenvalue weighted by molar-refractivity contribution is 0.549. The van der Waals surface area contributed by atoms with Gasteiger partial charge in [0, 0.05) is 27.9 Å². The van der Waals surface area contributed by atoms with E-state index < -0.39 is 0 Å². The van der Waals surface area contributed by atoms with Crippen molar-refractivity contribution in [2.24, 2.45) is 0 Å². The van der Waals surface area contributed by atoms with Crippen molar-refractivity contribution in [3.8, 4) is 0 Å². The summed E-state index contributed by atoms with van der Waals surface area (Å²) in [6.07, 6.45) is 4.19. The van der Waals surface area contributed by atoms with Gasteiger partial charge in [-0.15, -0.1) is 0 Å². The summed E-state index contributed by atoms with van der Waals surface area (Å²) in [4.78, 5) is 4.02. The molecule has 0 saturated heterocycles. The highest BCUT2D eigenvalue weighted by atomic mass is 79.9. The molecule has 2 aromatic rings. The zero-order valence-electron chi connectivity index (χ0n) is 11.0. The zero-order valence-corrected chi connectivity index (χ0v) is 14.1. The van der Waals surface area contributed by atoms with Crippen molar-refractivity contribution in [1.82, 2.24) is 10.3 Å². The fourth-order valence-corrected chi connectivity index (χ4v) is 2.93. The fraction of sp³-hybridized carbons (Fsp3) is 0.267. The van der Waals surface area contributed by atoms with E-state index >= 15 is 0 Å². The Hall–Kier alpha value is -0.610. The van der Waals surface area contributed by atoms with Crippen LogP contribution >= 0.6 is 39.1 Å². The summed E-state index contributed by atoms with van der Waals surface area (Å²) in [6.45, 7) is 2.93. The van der Waals surface area contributed by atoms with Gasteiger partial charge in [-0.2, -0.15) is 0 Å². The smallest absolute Gasteiger partial charge is 0.0622 e. The van der Waals surface area contributed by atoms with Crippen LogP contribution in [0.3, 0.4) is 0 Å². The van der Waals surface area contributed by atoms with Crippen molar-refractivity contribution >= 4 is 39.1 Å². The largest absolute Gasteiger partial charge is 0.310 e. The second kappa shape index (κ2) is 7.41. The Bertz CT molecular complexity index is 590. The molecule has 0 saturated carbocycles. The summed E-state index contributed by atoms with van der Waals surface area (Å²) in [7, 11) is 0. The number of pyridine rings is 1. The molecule has 0 spiro atoms. The molecule has 0 amide bonds. The van der Waals surface area contributed by atoms with Gasteiger partial charge in [0.05, 0.1) is 5.02 Å². The average Bonchev–Trinajstić information content (AvgIpc) is 2.43. The highest BCUT2D eigenvalue weighted by Crippen LogP contribution is 2.30. The van der Waals surface area contributed by atoms with Crippen LogP contribution in [0.2, 0.25) is 10.0 Å². The maximum absolute atomic E-state index is 6.33. The third-order valence-corrected chi connectivity index (χ3v) is 4.24. The van der Waals surface area contributed by atoms with Gasteiger partial charge in [0.1, 0.15) is 0 Å². The molecule has 0 aliphatic carbocycles. The predicted octanol–water partition coefficient (Wildman–Crippen LogP) is 5.04. The Morgan fingerprint density at radius 3 is 2.75 bits per heavy atom. The first kappa shape index (κ1) is 15.8. The van der Waals surface area contributed by atoms with Gasteiger partial charge in [-0.25, -0.2) is 0 Å². The average molecular weight is 374 g/mol. The van der Waals surface area contributed by atoms with E-state index in [4.69, 9.17) is 23.2 Å². The van der Waals surface area contributed by atoms with E-state index in [1.165, 1.54) is 0 Å². The maximum atomic E-state index is 6.33. The van der Waals surface area contributed by atoms with E-state index in [0.29, 0.717) is 5.02 Å². The van der Waals surface area contributed by atoms with Gasteiger partial charge < -0.3 is 5.32 Å². The van der Waals surface area contributed by atoms with Crippen molar-refractivity contribution in [1.29, 1.82) is 0 Å². The zero-order chi connectivity index (χ0) is 14.5. The fourth-order valence-electron chi connectivity index (χ4n) is 2.11. The molecule has 1 heterocycles. The molecule has 0 aliphatic rings. The second-order valence-electron chi connectivity index (χ2n) is 4.45. The SMILES string of the molecule is CCNC(Cc1ccncc1Cl)c1cc(Br)ccc1Cl. The number of hydrogen-bond donors (Lipinski definition) is 1. The molecule has 0 bridgehead atoms. The van der Waals surface area contributed by atoms with Gasteiger partial charge in [0.25, 0.3) is 0 Å². The summed E-state index contributed by atoms with van der Waals surface area (Å²) in [5.74, 6) is 0. The maximum Gasteiger partial charge on any atom is 0.0622 e. The molecule has 1 aromatic heterocycles. The quantitative estimate of drug-likeness (QED) is 0.793. The van der Waals surface area contributed by atoms with Crippen LogP contribution in [-0.4, -0.2) is 11.5 Å². The number of benzene rings is 1. The Labute approximate surface area is 137 Å². The summed E-state index contributed by atoms with van der Waals surface area (Å²) >= 11 is 16.0. The molecule has 2 rings (SSSR count). The van der Waals surface area contributed by atoms with Crippen LogP contribution in [0.5, 0.6) is 0 Å². The predicted molar refractivity (Wildman–Crippen MR) is 88.5 cm³/mol. The molecular formula is C15H15BrCl2N2. The molecule has 5 heteroatoms. The van der Waals surface area contributed by atoms with Crippen molar-refractivity contribution < 1.29 is 0 Å². The highest BCUT2D eigenvalue weighted by molar-refractivity contribution is 9.10. The minimum Gasteiger partial charge on any atom is -0.310 e. The molecule has 20 heavy (non-hydrogen) atoms. The van der Waals surface area contributed by atoms with Crippen LogP contribution in [-0.2, 0) is 6.42 Å². The van der Waals surface area contributed by atoms with Crippen LogP contribution in [0.4, 0.5) is 0 Å². The van der Waals surface area contributed by atoms with Gasteiger partial charge >= 0.3 is 0 Å². The Morgan fingerprint density at radius 2 is 2.05 bits per heavy atom. The van der Waals surface area contributed by atoms with Crippen molar-refractivity contribution in [3.63, 3.8) is 0 Å². The number of halogens is 3. The van der Waals surface area contributed by atoms with Crippen molar-refractivity contribution in [2.45, 2.75) is 19.4 Å². The highest BCUT2D eigenvalue weighted by Gasteiger charge is 2.16. The minimum atomic E-state index is 0.116. The normalized spacial score (nSPS) is 12.4. The van der Waals surface area contributed by atoms with Gasteiger partial charge in [-0.05, 0) is 48.4 Å². The van der Waals surface area contributed by atoms with Crippen LogP contribution in [0.25, 0.3) is 0 Å². The van der Waals surface area contributed by atoms with Crippen LogP contribution in [0, 0.1) is 0 Å². The van der Waals surface area contributed by atoms with E-state index in [-0.39, 0.29) is 6.04 Å². The number of hydrogen-bond acceptors (Lipinski definition) is 2. The summed E-state index contributed by atoms with van der Waals surface area (Å²) in [5, 5.41) is 4.89. The molecule has 0 aliphatic heterocycles. The first-order valence-electron chi connectivity index (χ1n) is 6.38. The number of nitrogens with one attached hydrogen (secondary N) is 1. The first-order valence-corrected chi connectivity index (χ1v) is 7.93. The van der Waals surface area contributed by atoms with E-state index in [0.717, 1.165) is 33.6 Å². The van der Waals surface area contributed by atoms with Crippen molar-refractivity contribution in [3.05, 3.63) is 62.3 Å². The second-order valence-corrected chi connectivity index (χ2v) is 6.18. The van der Waals surface area contributed by atoms with Gasteiger partial charge in [0.2, 0.25) is 0 Å². The standard InChI is InChI=1S/C15H15BrCl2N2/c1-2-20-15(7-10-5-6-19-9-14(10)18)12-8-11(16)3-4-13(12)17/h3-6,8-9,15,20H,2,7H2,1H3.